The van der Waals surface area contributed by atoms with Gasteiger partial charge in [0.15, 0.2) is 0 Å². The van der Waals surface area contributed by atoms with E-state index < -0.39 is 15.9 Å². The van der Waals surface area contributed by atoms with Gasteiger partial charge in [0.05, 0.1) is 15.5 Å². The Labute approximate surface area is 187 Å². The summed E-state index contributed by atoms with van der Waals surface area (Å²) < 4.78 is 25.8. The van der Waals surface area contributed by atoms with Gasteiger partial charge in [0.1, 0.15) is 0 Å². The molecular formula is C23H24ClN3O3S. The molecule has 1 atom stereocenters. The van der Waals surface area contributed by atoms with Crippen molar-refractivity contribution in [2.24, 2.45) is 0 Å². The van der Waals surface area contributed by atoms with Gasteiger partial charge in [-0.3, -0.25) is 4.79 Å². The summed E-state index contributed by atoms with van der Waals surface area (Å²) in [6.45, 7) is 2.07. The standard InChI is InChI=1S/C23H24ClN3O3S/c1-16(17-7-5-4-6-8-17)25-18-9-11-19(12-10-18)26-23(28)21-15-20(13-14-22(21)24)31(29,30)27(2)3/h4-16,25H,1-3H3,(H,26,28). The van der Waals surface area contributed by atoms with E-state index in [9.17, 15) is 13.2 Å². The molecule has 0 bridgehead atoms. The Hall–Kier alpha value is -2.87. The molecule has 2 N–H and O–H groups in total. The average molecular weight is 458 g/mol. The molecule has 3 rings (SSSR count). The predicted molar refractivity (Wildman–Crippen MR) is 125 cm³/mol. The second kappa shape index (κ2) is 9.51. The van der Waals surface area contributed by atoms with Crippen LogP contribution >= 0.6 is 11.6 Å². The van der Waals surface area contributed by atoms with Gasteiger partial charge in [-0.2, -0.15) is 0 Å². The number of halogens is 1. The molecule has 0 fully saturated rings. The average Bonchev–Trinajstić information content (AvgIpc) is 2.75. The minimum Gasteiger partial charge on any atom is -0.379 e. The number of carbonyl (C=O) groups is 1. The van der Waals surface area contributed by atoms with E-state index in [1.807, 2.05) is 30.3 Å². The number of nitrogens with zero attached hydrogens (tertiary/aromatic N) is 1. The number of sulfonamides is 1. The molecule has 31 heavy (non-hydrogen) atoms. The third kappa shape index (κ3) is 5.44. The maximum absolute atomic E-state index is 12.7. The van der Waals surface area contributed by atoms with E-state index in [4.69, 9.17) is 11.6 Å². The molecule has 162 valence electrons. The Morgan fingerprint density at radius 2 is 1.55 bits per heavy atom. The largest absolute Gasteiger partial charge is 0.379 e. The van der Waals surface area contributed by atoms with Crippen molar-refractivity contribution >= 4 is 38.9 Å². The van der Waals surface area contributed by atoms with E-state index in [1.54, 1.807) is 12.1 Å². The lowest BCUT2D eigenvalue weighted by Crippen LogP contribution is -2.23. The first kappa shape index (κ1) is 22.8. The second-order valence-electron chi connectivity index (χ2n) is 7.24. The first-order chi connectivity index (χ1) is 14.7. The molecule has 0 aliphatic rings. The zero-order valence-corrected chi connectivity index (χ0v) is 19.0. The van der Waals surface area contributed by atoms with Crippen LogP contribution in [0.1, 0.15) is 28.9 Å². The van der Waals surface area contributed by atoms with E-state index in [0.29, 0.717) is 5.69 Å². The van der Waals surface area contributed by atoms with Gasteiger partial charge < -0.3 is 10.6 Å². The molecule has 0 aliphatic carbocycles. The summed E-state index contributed by atoms with van der Waals surface area (Å²) in [5.74, 6) is -0.487. The molecule has 0 aromatic heterocycles. The predicted octanol–water partition coefficient (Wildman–Crippen LogP) is 5.02. The Morgan fingerprint density at radius 3 is 2.16 bits per heavy atom. The van der Waals surface area contributed by atoms with Crippen molar-refractivity contribution < 1.29 is 13.2 Å². The number of hydrogen-bond acceptors (Lipinski definition) is 4. The molecule has 0 spiro atoms. The molecule has 0 radical (unpaired) electrons. The lowest BCUT2D eigenvalue weighted by molar-refractivity contribution is 0.102. The molecule has 1 unspecified atom stereocenters. The molecule has 3 aromatic rings. The Morgan fingerprint density at radius 1 is 0.935 bits per heavy atom. The summed E-state index contributed by atoms with van der Waals surface area (Å²) in [5, 5.41) is 6.34. The molecule has 0 saturated carbocycles. The molecule has 0 heterocycles. The SMILES string of the molecule is CC(Nc1ccc(NC(=O)c2cc(S(=O)(=O)N(C)C)ccc2Cl)cc1)c1ccccc1. The zero-order valence-electron chi connectivity index (χ0n) is 17.5. The lowest BCUT2D eigenvalue weighted by atomic mass is 10.1. The highest BCUT2D eigenvalue weighted by Crippen LogP contribution is 2.24. The minimum atomic E-state index is -3.68. The topological polar surface area (TPSA) is 78.5 Å². The summed E-state index contributed by atoms with van der Waals surface area (Å²) in [7, 11) is -0.819. The number of benzene rings is 3. The van der Waals surface area contributed by atoms with Crippen LogP contribution in [0.3, 0.4) is 0 Å². The van der Waals surface area contributed by atoms with Crippen LogP contribution in [0.2, 0.25) is 5.02 Å². The number of nitrogens with one attached hydrogen (secondary N) is 2. The van der Waals surface area contributed by atoms with Gasteiger partial charge in [-0.15, -0.1) is 0 Å². The Bertz CT molecular complexity index is 1160. The van der Waals surface area contributed by atoms with Gasteiger partial charge in [0, 0.05) is 31.5 Å². The van der Waals surface area contributed by atoms with Gasteiger partial charge in [-0.1, -0.05) is 41.9 Å². The molecule has 3 aromatic carbocycles. The van der Waals surface area contributed by atoms with Gasteiger partial charge in [-0.25, -0.2) is 12.7 Å². The molecule has 8 heteroatoms. The van der Waals surface area contributed by atoms with Crippen molar-refractivity contribution in [2.45, 2.75) is 17.9 Å². The fraction of sp³-hybridized carbons (Fsp3) is 0.174. The van der Waals surface area contributed by atoms with Crippen molar-refractivity contribution in [1.29, 1.82) is 0 Å². The Balaban J connectivity index is 1.72. The van der Waals surface area contributed by atoms with Crippen molar-refractivity contribution in [3.05, 3.63) is 88.9 Å². The molecule has 0 saturated heterocycles. The third-order valence-corrected chi connectivity index (χ3v) is 6.93. The highest BCUT2D eigenvalue weighted by Gasteiger charge is 2.21. The minimum absolute atomic E-state index is 0.00139. The van der Waals surface area contributed by atoms with E-state index in [2.05, 4.69) is 29.7 Å². The second-order valence-corrected chi connectivity index (χ2v) is 9.80. The number of anilines is 2. The zero-order chi connectivity index (χ0) is 22.6. The summed E-state index contributed by atoms with van der Waals surface area (Å²) in [5.41, 5.74) is 2.73. The fourth-order valence-corrected chi connectivity index (χ4v) is 4.10. The summed E-state index contributed by atoms with van der Waals surface area (Å²) >= 11 is 6.15. The van der Waals surface area contributed by atoms with Crippen molar-refractivity contribution in [2.75, 3.05) is 24.7 Å². The van der Waals surface area contributed by atoms with E-state index in [-0.39, 0.29) is 21.5 Å². The highest BCUT2D eigenvalue weighted by molar-refractivity contribution is 7.89. The maximum Gasteiger partial charge on any atom is 0.257 e. The smallest absolute Gasteiger partial charge is 0.257 e. The van der Waals surface area contributed by atoms with Crippen molar-refractivity contribution in [1.82, 2.24) is 4.31 Å². The first-order valence-corrected chi connectivity index (χ1v) is 11.5. The van der Waals surface area contributed by atoms with Gasteiger partial charge in [0.2, 0.25) is 10.0 Å². The van der Waals surface area contributed by atoms with Crippen LogP contribution in [0.5, 0.6) is 0 Å². The van der Waals surface area contributed by atoms with Crippen LogP contribution in [-0.2, 0) is 10.0 Å². The Kier molecular flexibility index (Phi) is 7.00. The molecule has 1 amide bonds. The van der Waals surface area contributed by atoms with Crippen LogP contribution in [0.25, 0.3) is 0 Å². The first-order valence-electron chi connectivity index (χ1n) is 9.63. The quantitative estimate of drug-likeness (QED) is 0.522. The molecule has 0 aliphatic heterocycles. The summed E-state index contributed by atoms with van der Waals surface area (Å²) in [6.07, 6.45) is 0. The molecule has 6 nitrogen and oxygen atoms in total. The van der Waals surface area contributed by atoms with Gasteiger partial charge >= 0.3 is 0 Å². The van der Waals surface area contributed by atoms with Crippen LogP contribution in [-0.4, -0.2) is 32.7 Å². The van der Waals surface area contributed by atoms with E-state index in [1.165, 1.54) is 37.9 Å². The number of rotatable bonds is 7. The molecular weight excluding hydrogens is 434 g/mol. The normalized spacial score (nSPS) is 12.4. The van der Waals surface area contributed by atoms with Gasteiger partial charge in [-0.05, 0) is 55.0 Å². The summed E-state index contributed by atoms with van der Waals surface area (Å²) in [6, 6.07) is 21.5. The number of amides is 1. The summed E-state index contributed by atoms with van der Waals surface area (Å²) in [4.78, 5) is 12.7. The van der Waals surface area contributed by atoms with E-state index in [0.717, 1.165) is 9.99 Å². The van der Waals surface area contributed by atoms with E-state index >= 15 is 0 Å². The van der Waals surface area contributed by atoms with Crippen LogP contribution in [0.15, 0.2) is 77.7 Å². The maximum atomic E-state index is 12.7. The van der Waals surface area contributed by atoms with Crippen LogP contribution in [0, 0.1) is 0 Å². The fourth-order valence-electron chi connectivity index (χ4n) is 2.97. The number of carbonyl (C=O) groups excluding carboxylic acids is 1. The van der Waals surface area contributed by atoms with Crippen molar-refractivity contribution in [3.8, 4) is 0 Å². The monoisotopic (exact) mass is 457 g/mol. The van der Waals surface area contributed by atoms with Crippen molar-refractivity contribution in [3.63, 3.8) is 0 Å². The number of hydrogen-bond donors (Lipinski definition) is 2. The lowest BCUT2D eigenvalue weighted by Gasteiger charge is -2.16. The third-order valence-electron chi connectivity index (χ3n) is 4.79. The van der Waals surface area contributed by atoms with Crippen LogP contribution in [0.4, 0.5) is 11.4 Å². The van der Waals surface area contributed by atoms with Gasteiger partial charge in [0.25, 0.3) is 5.91 Å². The highest BCUT2D eigenvalue weighted by atomic mass is 35.5. The van der Waals surface area contributed by atoms with Crippen LogP contribution < -0.4 is 10.6 Å².